The minimum Gasteiger partial charge on any atom is -0.481 e. The van der Waals surface area contributed by atoms with E-state index in [4.69, 9.17) is 14.7 Å². The first-order valence-electron chi connectivity index (χ1n) is 8.96. The topological polar surface area (TPSA) is 93.7 Å². The van der Waals surface area contributed by atoms with Crippen molar-refractivity contribution in [3.8, 4) is 11.8 Å². The van der Waals surface area contributed by atoms with Crippen LogP contribution in [0.15, 0.2) is 35.1 Å². The molecule has 0 saturated heterocycles. The molecule has 1 aliphatic carbocycles. The van der Waals surface area contributed by atoms with E-state index in [-0.39, 0.29) is 18.8 Å². The largest absolute Gasteiger partial charge is 0.481 e. The predicted molar refractivity (Wildman–Crippen MR) is 102 cm³/mol. The van der Waals surface area contributed by atoms with Gasteiger partial charge in [0.2, 0.25) is 0 Å². The molecule has 4 rings (SSSR count). The van der Waals surface area contributed by atoms with Gasteiger partial charge in [0, 0.05) is 16.6 Å². The van der Waals surface area contributed by atoms with Crippen LogP contribution in [0.5, 0.6) is 5.75 Å². The van der Waals surface area contributed by atoms with E-state index in [1.54, 1.807) is 28.7 Å². The van der Waals surface area contributed by atoms with Crippen LogP contribution in [0.4, 0.5) is 0 Å². The molecule has 1 aromatic carbocycles. The Morgan fingerprint density at radius 1 is 1.29 bits per heavy atom. The second kappa shape index (κ2) is 7.82. The van der Waals surface area contributed by atoms with Gasteiger partial charge < -0.3 is 9.47 Å². The van der Waals surface area contributed by atoms with Crippen LogP contribution in [0.1, 0.15) is 34.7 Å². The van der Waals surface area contributed by atoms with Gasteiger partial charge in [0.1, 0.15) is 18.4 Å². The molecule has 0 bridgehead atoms. The molecule has 0 unspecified atom stereocenters. The Kier molecular flexibility index (Phi) is 5.08. The summed E-state index contributed by atoms with van der Waals surface area (Å²) in [5.41, 5.74) is 1.68. The molecule has 0 N–H and O–H groups in total. The number of aryl methyl sites for hydroxylation is 2. The van der Waals surface area contributed by atoms with Crippen LogP contribution in [-0.4, -0.2) is 22.0 Å². The standard InChI is InChI=1S/C20H17N3O4S/c21-10-13-5-1-3-7-16(13)26-12-19(25)27-11-14-9-18(24)23-15-6-2-4-8-17(15)28-20(23)22-14/h1,3,5,7,9H,2,4,6,8,11-12H2. The second-order valence-corrected chi connectivity index (χ2v) is 7.50. The fraction of sp³-hybridized carbons (Fsp3) is 0.300. The number of fused-ring (bicyclic) bond motifs is 3. The number of ether oxygens (including phenoxy) is 2. The molecular formula is C20H17N3O4S. The normalized spacial score (nSPS) is 13.0. The van der Waals surface area contributed by atoms with Crippen LogP contribution < -0.4 is 10.3 Å². The number of carbonyl (C=O) groups is 1. The Hall–Kier alpha value is -3.18. The van der Waals surface area contributed by atoms with Crippen molar-refractivity contribution in [3.63, 3.8) is 0 Å². The SMILES string of the molecule is N#Cc1ccccc1OCC(=O)OCc1cc(=O)n2c3c(sc2n1)CCCC3. The fourth-order valence-electron chi connectivity index (χ4n) is 3.23. The third-order valence-electron chi connectivity index (χ3n) is 4.55. The van der Waals surface area contributed by atoms with E-state index >= 15 is 0 Å². The number of benzene rings is 1. The number of para-hydroxylation sites is 1. The lowest BCUT2D eigenvalue weighted by Crippen LogP contribution is -2.20. The zero-order chi connectivity index (χ0) is 19.5. The maximum Gasteiger partial charge on any atom is 0.344 e. The molecule has 3 aromatic rings. The lowest BCUT2D eigenvalue weighted by Gasteiger charge is -2.10. The minimum atomic E-state index is -0.597. The summed E-state index contributed by atoms with van der Waals surface area (Å²) in [6.07, 6.45) is 4.09. The van der Waals surface area contributed by atoms with Gasteiger partial charge >= 0.3 is 5.97 Å². The highest BCUT2D eigenvalue weighted by Crippen LogP contribution is 2.28. The van der Waals surface area contributed by atoms with Crippen molar-refractivity contribution in [1.29, 1.82) is 5.26 Å². The first kappa shape index (κ1) is 18.2. The number of carbonyl (C=O) groups excluding carboxylic acids is 1. The number of esters is 1. The molecule has 7 nitrogen and oxygen atoms in total. The van der Waals surface area contributed by atoms with Crippen LogP contribution in [0.2, 0.25) is 0 Å². The molecule has 2 aromatic heterocycles. The third-order valence-corrected chi connectivity index (χ3v) is 5.69. The smallest absolute Gasteiger partial charge is 0.344 e. The molecule has 0 spiro atoms. The number of nitriles is 1. The Balaban J connectivity index is 1.42. The van der Waals surface area contributed by atoms with Gasteiger partial charge in [0.25, 0.3) is 5.56 Å². The van der Waals surface area contributed by atoms with E-state index in [1.807, 2.05) is 6.07 Å². The van der Waals surface area contributed by atoms with Crippen LogP contribution in [-0.2, 0) is 29.0 Å². The molecule has 2 heterocycles. The number of aromatic nitrogens is 2. The van der Waals surface area contributed by atoms with Crippen molar-refractivity contribution >= 4 is 22.3 Å². The van der Waals surface area contributed by atoms with E-state index < -0.39 is 5.97 Å². The molecule has 0 aliphatic heterocycles. The Bertz CT molecular complexity index is 1140. The van der Waals surface area contributed by atoms with Gasteiger partial charge in [-0.05, 0) is 37.8 Å². The summed E-state index contributed by atoms with van der Waals surface area (Å²) >= 11 is 1.53. The summed E-state index contributed by atoms with van der Waals surface area (Å²) < 4.78 is 12.2. The number of hydrogen-bond donors (Lipinski definition) is 0. The van der Waals surface area contributed by atoms with Crippen molar-refractivity contribution in [2.45, 2.75) is 32.3 Å². The highest BCUT2D eigenvalue weighted by Gasteiger charge is 2.18. The van der Waals surface area contributed by atoms with Crippen molar-refractivity contribution in [3.05, 3.63) is 62.5 Å². The average Bonchev–Trinajstić information content (AvgIpc) is 3.09. The van der Waals surface area contributed by atoms with Gasteiger partial charge in [-0.2, -0.15) is 5.26 Å². The first-order valence-corrected chi connectivity index (χ1v) is 9.78. The summed E-state index contributed by atoms with van der Waals surface area (Å²) in [5.74, 6) is -0.274. The first-order chi connectivity index (χ1) is 13.7. The molecule has 8 heteroatoms. The second-order valence-electron chi connectivity index (χ2n) is 6.44. The van der Waals surface area contributed by atoms with Gasteiger partial charge in [-0.15, -0.1) is 11.3 Å². The quantitative estimate of drug-likeness (QED) is 0.617. The maximum absolute atomic E-state index is 12.5. The van der Waals surface area contributed by atoms with Crippen molar-refractivity contribution < 1.29 is 14.3 Å². The van der Waals surface area contributed by atoms with Gasteiger partial charge in [-0.25, -0.2) is 9.78 Å². The molecule has 0 amide bonds. The monoisotopic (exact) mass is 395 g/mol. The van der Waals surface area contributed by atoms with E-state index in [0.717, 1.165) is 31.4 Å². The third kappa shape index (κ3) is 3.62. The zero-order valence-corrected chi connectivity index (χ0v) is 15.8. The van der Waals surface area contributed by atoms with E-state index in [9.17, 15) is 9.59 Å². The minimum absolute atomic E-state index is 0.101. The molecule has 0 saturated carbocycles. The van der Waals surface area contributed by atoms with Gasteiger partial charge in [0.05, 0.1) is 11.3 Å². The highest BCUT2D eigenvalue weighted by atomic mass is 32.1. The van der Waals surface area contributed by atoms with Crippen LogP contribution >= 0.6 is 11.3 Å². The lowest BCUT2D eigenvalue weighted by atomic mass is 10.0. The average molecular weight is 395 g/mol. The summed E-state index contributed by atoms with van der Waals surface area (Å²) in [5, 5.41) is 9.02. The number of rotatable bonds is 5. The van der Waals surface area contributed by atoms with Gasteiger partial charge in [0.15, 0.2) is 11.6 Å². The Morgan fingerprint density at radius 2 is 2.11 bits per heavy atom. The van der Waals surface area contributed by atoms with Crippen LogP contribution in [0, 0.1) is 11.3 Å². The van der Waals surface area contributed by atoms with Crippen molar-refractivity contribution in [2.24, 2.45) is 0 Å². The number of hydrogen-bond acceptors (Lipinski definition) is 7. The van der Waals surface area contributed by atoms with Gasteiger partial charge in [-0.3, -0.25) is 9.20 Å². The molecule has 28 heavy (non-hydrogen) atoms. The Labute approximate surface area is 164 Å². The van der Waals surface area contributed by atoms with E-state index in [0.29, 0.717) is 22.0 Å². The Morgan fingerprint density at radius 3 is 2.96 bits per heavy atom. The summed E-state index contributed by atoms with van der Waals surface area (Å²) in [4.78, 5) is 30.8. The number of nitrogens with zero attached hydrogens (tertiary/aromatic N) is 3. The van der Waals surface area contributed by atoms with E-state index in [1.165, 1.54) is 22.3 Å². The zero-order valence-electron chi connectivity index (χ0n) is 15.0. The van der Waals surface area contributed by atoms with Crippen molar-refractivity contribution in [2.75, 3.05) is 6.61 Å². The lowest BCUT2D eigenvalue weighted by molar-refractivity contribution is -0.147. The highest BCUT2D eigenvalue weighted by molar-refractivity contribution is 7.17. The molecule has 0 atom stereocenters. The van der Waals surface area contributed by atoms with Crippen molar-refractivity contribution in [1.82, 2.24) is 9.38 Å². The molecule has 0 fully saturated rings. The van der Waals surface area contributed by atoms with E-state index in [2.05, 4.69) is 4.98 Å². The fourth-order valence-corrected chi connectivity index (χ4v) is 4.47. The molecule has 1 aliphatic rings. The molecular weight excluding hydrogens is 378 g/mol. The molecule has 142 valence electrons. The molecule has 0 radical (unpaired) electrons. The summed E-state index contributed by atoms with van der Waals surface area (Å²) in [7, 11) is 0. The summed E-state index contributed by atoms with van der Waals surface area (Å²) in [6.45, 7) is -0.427. The predicted octanol–water partition coefficient (Wildman–Crippen LogP) is 2.63. The van der Waals surface area contributed by atoms with Gasteiger partial charge in [-0.1, -0.05) is 12.1 Å². The summed E-state index contributed by atoms with van der Waals surface area (Å²) in [6, 6.07) is 10.1. The maximum atomic E-state index is 12.5. The van der Waals surface area contributed by atoms with Crippen LogP contribution in [0.25, 0.3) is 4.96 Å². The van der Waals surface area contributed by atoms with Crippen LogP contribution in [0.3, 0.4) is 0 Å². The number of thiazole rings is 1.